The third-order valence-electron chi connectivity index (χ3n) is 5.34. The standard InChI is InChI=1S/C10H13ClO/c1-9(8(11)12)5-3-6-7(4-5)10(6,9)2/h5-7H,3-4H2,1-2H3. The average molecular weight is 185 g/mol. The normalized spacial score (nSPS) is 65.4. The van der Waals surface area contributed by atoms with Gasteiger partial charge in [-0.1, -0.05) is 13.8 Å². The number of hydrogen-bond donors (Lipinski definition) is 0. The number of carbonyl (C=O) groups is 1. The third kappa shape index (κ3) is 0.433. The molecule has 0 N–H and O–H groups in total. The van der Waals surface area contributed by atoms with Crippen molar-refractivity contribution in [3.8, 4) is 0 Å². The summed E-state index contributed by atoms with van der Waals surface area (Å²) >= 11 is 5.72. The van der Waals surface area contributed by atoms with Gasteiger partial charge >= 0.3 is 0 Å². The largest absolute Gasteiger partial charge is 0.281 e. The molecule has 0 aromatic heterocycles. The zero-order valence-electron chi connectivity index (χ0n) is 7.43. The van der Waals surface area contributed by atoms with E-state index in [-0.39, 0.29) is 16.1 Å². The van der Waals surface area contributed by atoms with Gasteiger partial charge in [0.15, 0.2) is 0 Å². The van der Waals surface area contributed by atoms with Crippen LogP contribution >= 0.6 is 11.6 Å². The van der Waals surface area contributed by atoms with Crippen LogP contribution in [-0.2, 0) is 4.79 Å². The molecule has 12 heavy (non-hydrogen) atoms. The lowest BCUT2D eigenvalue weighted by molar-refractivity contribution is -0.123. The van der Waals surface area contributed by atoms with Gasteiger partial charge in [0.1, 0.15) is 0 Å². The second kappa shape index (κ2) is 1.61. The van der Waals surface area contributed by atoms with E-state index in [0.717, 1.165) is 11.8 Å². The van der Waals surface area contributed by atoms with Gasteiger partial charge in [-0.05, 0) is 47.6 Å². The lowest BCUT2D eigenvalue weighted by Gasteiger charge is -2.29. The minimum absolute atomic E-state index is 0.0856. The van der Waals surface area contributed by atoms with E-state index in [1.54, 1.807) is 0 Å². The summed E-state index contributed by atoms with van der Waals surface area (Å²) in [5.74, 6) is 2.26. The summed E-state index contributed by atoms with van der Waals surface area (Å²) in [6, 6.07) is 0. The predicted octanol–water partition coefficient (Wildman–Crippen LogP) is 2.43. The fourth-order valence-electron chi connectivity index (χ4n) is 4.28. The summed E-state index contributed by atoms with van der Waals surface area (Å²) in [7, 11) is 0. The topological polar surface area (TPSA) is 17.1 Å². The zero-order valence-corrected chi connectivity index (χ0v) is 8.19. The Morgan fingerprint density at radius 2 is 1.83 bits per heavy atom. The van der Waals surface area contributed by atoms with Crippen molar-refractivity contribution >= 4 is 16.8 Å². The van der Waals surface area contributed by atoms with Gasteiger partial charge in [0, 0.05) is 0 Å². The number of hydrogen-bond acceptors (Lipinski definition) is 1. The van der Waals surface area contributed by atoms with Gasteiger partial charge in [-0.2, -0.15) is 0 Å². The maximum atomic E-state index is 11.4. The van der Waals surface area contributed by atoms with Crippen LogP contribution in [0.2, 0.25) is 0 Å². The smallest absolute Gasteiger partial charge is 0.228 e. The van der Waals surface area contributed by atoms with Crippen molar-refractivity contribution in [1.29, 1.82) is 0 Å². The monoisotopic (exact) mass is 184 g/mol. The molecule has 0 saturated heterocycles. The van der Waals surface area contributed by atoms with Crippen molar-refractivity contribution in [2.45, 2.75) is 26.7 Å². The Bertz CT molecular complexity index is 274. The van der Waals surface area contributed by atoms with Crippen LogP contribution in [0.25, 0.3) is 0 Å². The molecule has 1 nitrogen and oxygen atoms in total. The summed E-state index contributed by atoms with van der Waals surface area (Å²) in [6.07, 6.45) is 2.52. The second-order valence-electron chi connectivity index (χ2n) is 5.14. The van der Waals surface area contributed by atoms with Gasteiger partial charge in [0.2, 0.25) is 5.24 Å². The molecule has 0 radical (unpaired) electrons. The minimum Gasteiger partial charge on any atom is -0.281 e. The fraction of sp³-hybridized carbons (Fsp3) is 0.900. The number of rotatable bonds is 1. The van der Waals surface area contributed by atoms with E-state index in [9.17, 15) is 4.79 Å². The molecule has 3 unspecified atom stereocenters. The van der Waals surface area contributed by atoms with Crippen LogP contribution < -0.4 is 0 Å². The lowest BCUT2D eigenvalue weighted by atomic mass is 9.75. The number of carbonyl (C=O) groups excluding carboxylic acids is 1. The molecule has 4 aliphatic carbocycles. The molecule has 4 fully saturated rings. The molecule has 0 aromatic carbocycles. The van der Waals surface area contributed by atoms with Crippen molar-refractivity contribution in [1.82, 2.24) is 0 Å². The molecule has 0 spiro atoms. The molecule has 0 aliphatic heterocycles. The van der Waals surface area contributed by atoms with Crippen molar-refractivity contribution < 1.29 is 4.79 Å². The molecular formula is C10H13ClO. The first-order valence-corrected chi connectivity index (χ1v) is 5.10. The van der Waals surface area contributed by atoms with Crippen molar-refractivity contribution in [2.24, 2.45) is 28.6 Å². The molecule has 4 saturated carbocycles. The molecule has 66 valence electrons. The van der Waals surface area contributed by atoms with Crippen molar-refractivity contribution in [3.05, 3.63) is 0 Å². The molecule has 0 aromatic rings. The van der Waals surface area contributed by atoms with Crippen LogP contribution in [0.1, 0.15) is 26.7 Å². The Labute approximate surface area is 77.5 Å². The molecule has 0 heterocycles. The third-order valence-corrected chi connectivity index (χ3v) is 5.73. The Morgan fingerprint density at radius 3 is 2.00 bits per heavy atom. The summed E-state index contributed by atoms with van der Waals surface area (Å²) < 4.78 is 0. The van der Waals surface area contributed by atoms with E-state index in [4.69, 9.17) is 11.6 Å². The number of halogens is 1. The Hall–Kier alpha value is -0.0400. The van der Waals surface area contributed by atoms with E-state index in [2.05, 4.69) is 13.8 Å². The van der Waals surface area contributed by atoms with Crippen LogP contribution in [-0.4, -0.2) is 5.24 Å². The van der Waals surface area contributed by atoms with E-state index < -0.39 is 0 Å². The summed E-state index contributed by atoms with van der Waals surface area (Å²) in [6.45, 7) is 4.34. The highest BCUT2D eigenvalue weighted by Gasteiger charge is 2.83. The quantitative estimate of drug-likeness (QED) is 0.573. The molecule has 4 aliphatic rings. The molecule has 4 rings (SSSR count). The van der Waals surface area contributed by atoms with Gasteiger partial charge in [-0.3, -0.25) is 4.79 Å². The highest BCUT2D eigenvalue weighted by Crippen LogP contribution is 2.86. The van der Waals surface area contributed by atoms with Crippen molar-refractivity contribution in [2.75, 3.05) is 0 Å². The van der Waals surface area contributed by atoms with Crippen LogP contribution in [0.5, 0.6) is 0 Å². The van der Waals surface area contributed by atoms with Crippen LogP contribution in [0.4, 0.5) is 0 Å². The van der Waals surface area contributed by atoms with Gasteiger partial charge in [-0.15, -0.1) is 0 Å². The van der Waals surface area contributed by atoms with Crippen LogP contribution in [0.15, 0.2) is 0 Å². The second-order valence-corrected chi connectivity index (χ2v) is 5.48. The lowest BCUT2D eigenvalue weighted by Crippen LogP contribution is -2.33. The van der Waals surface area contributed by atoms with Gasteiger partial charge < -0.3 is 0 Å². The summed E-state index contributed by atoms with van der Waals surface area (Å²) in [5.41, 5.74) is 0.111. The summed E-state index contributed by atoms with van der Waals surface area (Å²) in [4.78, 5) is 11.4. The highest BCUT2D eigenvalue weighted by molar-refractivity contribution is 6.65. The molecule has 0 amide bonds. The first kappa shape index (κ1) is 7.37. The van der Waals surface area contributed by atoms with E-state index >= 15 is 0 Å². The van der Waals surface area contributed by atoms with Crippen LogP contribution in [0, 0.1) is 28.6 Å². The maximum Gasteiger partial charge on any atom is 0.228 e. The van der Waals surface area contributed by atoms with E-state index in [0.29, 0.717) is 5.92 Å². The van der Waals surface area contributed by atoms with Crippen LogP contribution in [0.3, 0.4) is 0 Å². The Balaban J connectivity index is 2.14. The van der Waals surface area contributed by atoms with Gasteiger partial charge in [0.05, 0.1) is 5.41 Å². The SMILES string of the molecule is CC1(C(=O)Cl)C2CC3C(C2)C31C. The average Bonchev–Trinajstić information content (AvgIpc) is 2.37. The first-order chi connectivity index (χ1) is 5.53. The van der Waals surface area contributed by atoms with E-state index in [1.807, 2.05) is 0 Å². The predicted molar refractivity (Wildman–Crippen MR) is 46.8 cm³/mol. The Morgan fingerprint density at radius 1 is 1.33 bits per heavy atom. The van der Waals surface area contributed by atoms with Crippen molar-refractivity contribution in [3.63, 3.8) is 0 Å². The fourth-order valence-corrected chi connectivity index (χ4v) is 4.64. The zero-order chi connectivity index (χ0) is 8.72. The first-order valence-electron chi connectivity index (χ1n) is 4.73. The maximum absolute atomic E-state index is 11.4. The highest BCUT2D eigenvalue weighted by atomic mass is 35.5. The van der Waals surface area contributed by atoms with Gasteiger partial charge in [0.25, 0.3) is 0 Å². The molecule has 2 heteroatoms. The minimum atomic E-state index is -0.177. The molecular weight excluding hydrogens is 172 g/mol. The van der Waals surface area contributed by atoms with Gasteiger partial charge in [-0.25, -0.2) is 0 Å². The Kier molecular flexibility index (Phi) is 0.991. The molecule has 4 bridgehead atoms. The molecule has 3 atom stereocenters. The van der Waals surface area contributed by atoms with E-state index in [1.165, 1.54) is 12.8 Å². The summed E-state index contributed by atoms with van der Waals surface area (Å²) in [5, 5.41) is -0.0856.